The lowest BCUT2D eigenvalue weighted by Crippen LogP contribution is -2.43. The molecule has 7 nitrogen and oxygen atoms in total. The Kier molecular flexibility index (Phi) is 5.04. The molecule has 1 aliphatic heterocycles. The summed E-state index contributed by atoms with van der Waals surface area (Å²) in [5, 5.41) is 8.77. The van der Waals surface area contributed by atoms with Crippen LogP contribution in [0.5, 0.6) is 0 Å². The van der Waals surface area contributed by atoms with E-state index in [9.17, 15) is 9.59 Å². The van der Waals surface area contributed by atoms with E-state index >= 15 is 0 Å². The standard InChI is InChI=1S/C18H21N3O4/c1-20(15-5-3-2-4-6-15)18(23)21-9-10-25-16-11-13(17(22)19-24)7-8-14(16)12-21/h2-6,8,11,13,24H,7,9-10,12H2,1H3,(H,19,22). The molecule has 0 bridgehead atoms. The molecule has 7 heteroatoms. The van der Waals surface area contributed by atoms with Crippen molar-refractivity contribution in [3.8, 4) is 0 Å². The van der Waals surface area contributed by atoms with Crippen molar-refractivity contribution < 1.29 is 19.5 Å². The summed E-state index contributed by atoms with van der Waals surface area (Å²) in [6.45, 7) is 1.24. The topological polar surface area (TPSA) is 82.1 Å². The van der Waals surface area contributed by atoms with Crippen LogP contribution in [0.3, 0.4) is 0 Å². The largest absolute Gasteiger partial charge is 0.492 e. The van der Waals surface area contributed by atoms with Crippen LogP contribution in [0.1, 0.15) is 6.42 Å². The van der Waals surface area contributed by atoms with Crippen LogP contribution >= 0.6 is 0 Å². The second kappa shape index (κ2) is 7.40. The summed E-state index contributed by atoms with van der Waals surface area (Å²) in [4.78, 5) is 27.7. The lowest BCUT2D eigenvalue weighted by Gasteiger charge is -2.27. The van der Waals surface area contributed by atoms with E-state index in [4.69, 9.17) is 9.94 Å². The summed E-state index contributed by atoms with van der Waals surface area (Å²) >= 11 is 0. The molecule has 1 fully saturated rings. The Morgan fingerprint density at radius 1 is 1.32 bits per heavy atom. The SMILES string of the molecule is CN(C(=O)N1CCOC2=CC(C(=O)NO)CC=C2C1)c1ccccc1. The molecule has 2 aliphatic rings. The highest BCUT2D eigenvalue weighted by Gasteiger charge is 2.28. The van der Waals surface area contributed by atoms with Gasteiger partial charge in [-0.2, -0.15) is 0 Å². The third-order valence-corrected chi connectivity index (χ3v) is 4.42. The third kappa shape index (κ3) is 3.66. The third-order valence-electron chi connectivity index (χ3n) is 4.42. The van der Waals surface area contributed by atoms with Gasteiger partial charge in [-0.3, -0.25) is 14.9 Å². The predicted octanol–water partition coefficient (Wildman–Crippen LogP) is 1.91. The minimum Gasteiger partial charge on any atom is -0.492 e. The number of carbonyl (C=O) groups excluding carboxylic acids is 2. The highest BCUT2D eigenvalue weighted by molar-refractivity contribution is 5.91. The lowest BCUT2D eigenvalue weighted by molar-refractivity contribution is -0.131. The number of rotatable bonds is 2. The van der Waals surface area contributed by atoms with Gasteiger partial charge in [0.15, 0.2) is 0 Å². The summed E-state index contributed by atoms with van der Waals surface area (Å²) in [5.74, 6) is -0.317. The number of hydroxylamine groups is 1. The molecule has 1 aliphatic carbocycles. The van der Waals surface area contributed by atoms with Gasteiger partial charge in [0, 0.05) is 18.3 Å². The molecule has 0 spiro atoms. The highest BCUT2D eigenvalue weighted by Crippen LogP contribution is 2.27. The van der Waals surface area contributed by atoms with Gasteiger partial charge in [-0.05, 0) is 24.6 Å². The highest BCUT2D eigenvalue weighted by atomic mass is 16.5. The van der Waals surface area contributed by atoms with Gasteiger partial charge < -0.3 is 9.64 Å². The number of urea groups is 1. The molecule has 1 unspecified atom stereocenters. The van der Waals surface area contributed by atoms with E-state index < -0.39 is 11.8 Å². The molecule has 1 aromatic rings. The Bertz CT molecular complexity index is 714. The Balaban J connectivity index is 1.73. The first-order valence-electron chi connectivity index (χ1n) is 8.16. The maximum atomic E-state index is 12.8. The second-order valence-corrected chi connectivity index (χ2v) is 6.03. The average Bonchev–Trinajstić information content (AvgIpc) is 2.88. The maximum absolute atomic E-state index is 12.8. The number of carbonyl (C=O) groups is 2. The molecule has 0 aromatic heterocycles. The van der Waals surface area contributed by atoms with Crippen molar-refractivity contribution in [3.63, 3.8) is 0 Å². The monoisotopic (exact) mass is 343 g/mol. The van der Waals surface area contributed by atoms with Gasteiger partial charge in [-0.15, -0.1) is 0 Å². The molecule has 1 saturated heterocycles. The van der Waals surface area contributed by atoms with Gasteiger partial charge >= 0.3 is 6.03 Å². The van der Waals surface area contributed by atoms with E-state index in [0.717, 1.165) is 11.3 Å². The number of nitrogens with one attached hydrogen (secondary N) is 1. The van der Waals surface area contributed by atoms with Crippen molar-refractivity contribution in [3.05, 3.63) is 53.8 Å². The van der Waals surface area contributed by atoms with E-state index in [2.05, 4.69) is 0 Å². The lowest BCUT2D eigenvalue weighted by atomic mass is 9.94. The van der Waals surface area contributed by atoms with Crippen molar-refractivity contribution in [1.29, 1.82) is 0 Å². The molecule has 3 amide bonds. The first kappa shape index (κ1) is 17.0. The zero-order valence-corrected chi connectivity index (χ0v) is 14.0. The molecule has 3 rings (SSSR count). The Morgan fingerprint density at radius 2 is 2.08 bits per heavy atom. The van der Waals surface area contributed by atoms with Crippen LogP contribution in [-0.2, 0) is 9.53 Å². The minimum absolute atomic E-state index is 0.104. The van der Waals surface area contributed by atoms with E-state index in [0.29, 0.717) is 31.9 Å². The molecule has 1 aromatic carbocycles. The fourth-order valence-corrected chi connectivity index (χ4v) is 2.96. The molecular weight excluding hydrogens is 322 g/mol. The molecule has 0 radical (unpaired) electrons. The predicted molar refractivity (Wildman–Crippen MR) is 92.0 cm³/mol. The summed E-state index contributed by atoms with van der Waals surface area (Å²) < 4.78 is 5.72. The quantitative estimate of drug-likeness (QED) is 0.635. The molecule has 132 valence electrons. The van der Waals surface area contributed by atoms with Crippen molar-refractivity contribution >= 4 is 17.6 Å². The van der Waals surface area contributed by atoms with E-state index in [1.165, 1.54) is 0 Å². The van der Waals surface area contributed by atoms with Crippen molar-refractivity contribution in [2.24, 2.45) is 5.92 Å². The van der Waals surface area contributed by atoms with Gasteiger partial charge in [0.1, 0.15) is 12.4 Å². The number of ether oxygens (including phenoxy) is 1. The van der Waals surface area contributed by atoms with Crippen molar-refractivity contribution in [2.75, 3.05) is 31.6 Å². The van der Waals surface area contributed by atoms with Gasteiger partial charge in [-0.25, -0.2) is 10.3 Å². The zero-order chi connectivity index (χ0) is 17.8. The molecule has 0 saturated carbocycles. The number of fused-ring (bicyclic) bond motifs is 1. The summed E-state index contributed by atoms with van der Waals surface area (Å²) in [7, 11) is 1.75. The zero-order valence-electron chi connectivity index (χ0n) is 14.0. The van der Waals surface area contributed by atoms with Crippen LogP contribution in [0.15, 0.2) is 53.8 Å². The van der Waals surface area contributed by atoms with Crippen LogP contribution in [0.2, 0.25) is 0 Å². The van der Waals surface area contributed by atoms with Crippen LogP contribution in [0, 0.1) is 5.92 Å². The smallest absolute Gasteiger partial charge is 0.324 e. The fourth-order valence-electron chi connectivity index (χ4n) is 2.96. The fraction of sp³-hybridized carbons (Fsp3) is 0.333. The summed E-state index contributed by atoms with van der Waals surface area (Å²) in [5.41, 5.74) is 3.37. The van der Waals surface area contributed by atoms with Gasteiger partial charge in [-0.1, -0.05) is 24.3 Å². The summed E-state index contributed by atoms with van der Waals surface area (Å²) in [6.07, 6.45) is 4.06. The van der Waals surface area contributed by atoms with Crippen LogP contribution in [-0.4, -0.2) is 48.8 Å². The van der Waals surface area contributed by atoms with Gasteiger partial charge in [0.05, 0.1) is 19.0 Å². The number of amides is 3. The number of nitrogens with zero attached hydrogens (tertiary/aromatic N) is 2. The van der Waals surface area contributed by atoms with E-state index in [1.807, 2.05) is 36.4 Å². The number of benzene rings is 1. The molecule has 1 atom stereocenters. The summed E-state index contributed by atoms with van der Waals surface area (Å²) in [6, 6.07) is 9.35. The van der Waals surface area contributed by atoms with E-state index in [1.54, 1.807) is 28.4 Å². The average molecular weight is 343 g/mol. The Morgan fingerprint density at radius 3 is 2.80 bits per heavy atom. The number of hydrogen-bond acceptors (Lipinski definition) is 4. The van der Waals surface area contributed by atoms with Gasteiger partial charge in [0.25, 0.3) is 5.91 Å². The van der Waals surface area contributed by atoms with Crippen molar-refractivity contribution in [1.82, 2.24) is 10.4 Å². The van der Waals surface area contributed by atoms with Crippen molar-refractivity contribution in [2.45, 2.75) is 6.42 Å². The minimum atomic E-state index is -0.465. The number of para-hydroxylation sites is 1. The molecule has 2 N–H and O–H groups in total. The number of anilines is 1. The van der Waals surface area contributed by atoms with Crippen LogP contribution in [0.25, 0.3) is 0 Å². The Labute approximate surface area is 146 Å². The first-order valence-corrected chi connectivity index (χ1v) is 8.16. The second-order valence-electron chi connectivity index (χ2n) is 6.03. The number of hydrogen-bond donors (Lipinski definition) is 2. The molecule has 1 heterocycles. The maximum Gasteiger partial charge on any atom is 0.324 e. The van der Waals surface area contributed by atoms with Crippen LogP contribution in [0.4, 0.5) is 10.5 Å². The van der Waals surface area contributed by atoms with Gasteiger partial charge in [0.2, 0.25) is 0 Å². The normalized spacial score (nSPS) is 19.6. The van der Waals surface area contributed by atoms with E-state index in [-0.39, 0.29) is 6.03 Å². The molecular formula is C18H21N3O4. The number of allylic oxidation sites excluding steroid dienone is 1. The Hall–Kier alpha value is -2.80. The van der Waals surface area contributed by atoms with Crippen LogP contribution < -0.4 is 10.4 Å². The first-order chi connectivity index (χ1) is 12.1. The molecule has 25 heavy (non-hydrogen) atoms.